The minimum absolute atomic E-state index is 0.248. The lowest BCUT2D eigenvalue weighted by Gasteiger charge is -2.45. The van der Waals surface area contributed by atoms with Crippen LogP contribution in [-0.4, -0.2) is 41.2 Å². The van der Waals surface area contributed by atoms with E-state index in [0.717, 1.165) is 37.2 Å². The summed E-state index contributed by atoms with van der Waals surface area (Å²) in [4.78, 5) is 54.0. The monoisotopic (exact) mass is 572 g/mol. The molecule has 3 aliphatic carbocycles. The first-order valence-electron chi connectivity index (χ1n) is 12.5. The van der Waals surface area contributed by atoms with Gasteiger partial charge in [-0.25, -0.2) is 4.79 Å². The number of halogens is 1. The maximum atomic E-state index is 13.8. The molecule has 1 heterocycles. The number of esters is 1. The van der Waals surface area contributed by atoms with Crippen molar-refractivity contribution in [2.75, 3.05) is 11.9 Å². The first kappa shape index (κ1) is 24.6. The lowest BCUT2D eigenvalue weighted by Crippen LogP contribution is -2.45. The number of carbonyl (C=O) groups is 4. The Morgan fingerprint density at radius 1 is 0.895 bits per heavy atom. The number of hydrogen-bond donors (Lipinski definition) is 1. The van der Waals surface area contributed by atoms with E-state index in [1.807, 2.05) is 61.5 Å². The highest BCUT2D eigenvalue weighted by Crippen LogP contribution is 2.61. The highest BCUT2D eigenvalue weighted by Gasteiger charge is 2.62. The smallest absolute Gasteiger partial charge is 0.329 e. The number of hydrogen-bond acceptors (Lipinski definition) is 5. The van der Waals surface area contributed by atoms with Crippen molar-refractivity contribution >= 4 is 45.3 Å². The van der Waals surface area contributed by atoms with Crippen molar-refractivity contribution in [2.24, 2.45) is 11.8 Å². The summed E-state index contributed by atoms with van der Waals surface area (Å²) in [6.45, 7) is 2.81. The van der Waals surface area contributed by atoms with E-state index in [1.165, 1.54) is 6.92 Å². The van der Waals surface area contributed by atoms with Gasteiger partial charge < -0.3 is 10.1 Å². The summed E-state index contributed by atoms with van der Waals surface area (Å²) in [7, 11) is 0. The van der Waals surface area contributed by atoms with Gasteiger partial charge in [-0.2, -0.15) is 0 Å². The van der Waals surface area contributed by atoms with Crippen molar-refractivity contribution in [1.82, 2.24) is 4.90 Å². The van der Waals surface area contributed by atoms with E-state index in [4.69, 9.17) is 4.74 Å². The highest BCUT2D eigenvalue weighted by molar-refractivity contribution is 9.10. The summed E-state index contributed by atoms with van der Waals surface area (Å²) >= 11 is 3.38. The highest BCUT2D eigenvalue weighted by atomic mass is 79.9. The molecule has 7 rings (SSSR count). The second kappa shape index (κ2) is 9.20. The van der Waals surface area contributed by atoms with Crippen LogP contribution in [0.2, 0.25) is 0 Å². The number of carbonyl (C=O) groups excluding carboxylic acids is 4. The van der Waals surface area contributed by atoms with Crippen LogP contribution in [-0.2, 0) is 23.9 Å². The zero-order chi connectivity index (χ0) is 26.7. The van der Waals surface area contributed by atoms with Gasteiger partial charge in [-0.1, -0.05) is 64.5 Å². The van der Waals surface area contributed by atoms with Crippen molar-refractivity contribution in [3.05, 3.63) is 99.0 Å². The first-order chi connectivity index (χ1) is 18.3. The first-order valence-corrected chi connectivity index (χ1v) is 13.3. The van der Waals surface area contributed by atoms with Gasteiger partial charge in [-0.05, 0) is 59.9 Å². The largest absolute Gasteiger partial charge is 0.454 e. The van der Waals surface area contributed by atoms with Crippen LogP contribution in [0.25, 0.3) is 0 Å². The lowest BCUT2D eigenvalue weighted by atomic mass is 9.55. The zero-order valence-electron chi connectivity index (χ0n) is 20.8. The van der Waals surface area contributed by atoms with Crippen LogP contribution in [0.3, 0.4) is 0 Å². The van der Waals surface area contributed by atoms with Crippen LogP contribution >= 0.6 is 15.9 Å². The van der Waals surface area contributed by atoms with Crippen LogP contribution in [0.4, 0.5) is 5.69 Å². The van der Waals surface area contributed by atoms with Gasteiger partial charge >= 0.3 is 5.97 Å². The maximum absolute atomic E-state index is 13.8. The number of likely N-dealkylation sites (tertiary alicyclic amines) is 1. The molecule has 3 aromatic rings. The molecule has 0 saturated carbocycles. The Morgan fingerprint density at radius 2 is 1.39 bits per heavy atom. The molecule has 1 N–H and O–H groups in total. The van der Waals surface area contributed by atoms with Crippen LogP contribution in [0.15, 0.2) is 71.2 Å². The molecule has 2 bridgehead atoms. The fraction of sp³-hybridized carbons (Fsp3) is 0.267. The fourth-order valence-electron chi connectivity index (χ4n) is 6.40. The van der Waals surface area contributed by atoms with Crippen molar-refractivity contribution < 1.29 is 23.9 Å². The Labute approximate surface area is 228 Å². The van der Waals surface area contributed by atoms with E-state index in [0.29, 0.717) is 5.69 Å². The predicted molar refractivity (Wildman–Crippen MR) is 143 cm³/mol. The van der Waals surface area contributed by atoms with Crippen LogP contribution < -0.4 is 5.32 Å². The van der Waals surface area contributed by atoms with Gasteiger partial charge in [-0.3, -0.25) is 19.3 Å². The molecule has 0 spiro atoms. The van der Waals surface area contributed by atoms with E-state index in [1.54, 1.807) is 12.1 Å². The van der Waals surface area contributed by atoms with Gasteiger partial charge in [0.05, 0.1) is 11.8 Å². The summed E-state index contributed by atoms with van der Waals surface area (Å²) in [6, 6.07) is 20.2. The Kier molecular flexibility index (Phi) is 5.94. The molecule has 7 nitrogen and oxygen atoms in total. The minimum Gasteiger partial charge on any atom is -0.454 e. The molecule has 0 radical (unpaired) electrons. The second-order valence-electron chi connectivity index (χ2n) is 10.1. The van der Waals surface area contributed by atoms with Crippen LogP contribution in [0.1, 0.15) is 46.6 Å². The molecule has 1 saturated heterocycles. The molecule has 8 heteroatoms. The van der Waals surface area contributed by atoms with Crippen LogP contribution in [0.5, 0.6) is 0 Å². The molecular weight excluding hydrogens is 548 g/mol. The normalized spacial score (nSPS) is 23.4. The molecule has 0 aromatic heterocycles. The molecule has 1 aliphatic heterocycles. The number of nitrogens with zero attached hydrogens (tertiary/aromatic N) is 1. The zero-order valence-corrected chi connectivity index (χ0v) is 22.4. The minimum atomic E-state index is -1.14. The van der Waals surface area contributed by atoms with E-state index in [9.17, 15) is 19.2 Å². The number of anilines is 1. The maximum Gasteiger partial charge on any atom is 0.329 e. The topological polar surface area (TPSA) is 92.8 Å². The van der Waals surface area contributed by atoms with Crippen molar-refractivity contribution in [2.45, 2.75) is 31.7 Å². The Balaban J connectivity index is 1.21. The summed E-state index contributed by atoms with van der Waals surface area (Å²) in [6.07, 6.45) is 0. The molecule has 192 valence electrons. The molecular formula is C30H25BrN2O5. The molecule has 4 aliphatic rings. The second-order valence-corrected chi connectivity index (χ2v) is 11.0. The summed E-state index contributed by atoms with van der Waals surface area (Å²) in [5, 5.41) is 2.72. The molecule has 1 fully saturated rings. The summed E-state index contributed by atoms with van der Waals surface area (Å²) < 4.78 is 6.13. The van der Waals surface area contributed by atoms with Gasteiger partial charge in [0.1, 0.15) is 6.04 Å². The molecule has 3 aromatic carbocycles. The standard InChI is InChI=1S/C30H25BrN2O5/c1-15-13-17(31)11-12-22(15)32-23(34)14-38-30(37)16(2)33-28(35)26-24-18-7-3-4-8-19(18)25(27(26)29(33)36)21-10-6-5-9-20(21)24/h3-13,16,24-27H,14H2,1-2H3,(H,32,34)/t16-,24?,25?,26-,27+/m1/s1. The summed E-state index contributed by atoms with van der Waals surface area (Å²) in [5.41, 5.74) is 5.71. The molecule has 3 amide bonds. The number of rotatable bonds is 5. The molecule has 0 unspecified atom stereocenters. The van der Waals surface area contributed by atoms with Crippen molar-refractivity contribution in [1.29, 1.82) is 0 Å². The predicted octanol–water partition coefficient (Wildman–Crippen LogP) is 4.52. The number of aryl methyl sites for hydroxylation is 1. The number of ether oxygens (including phenoxy) is 1. The third-order valence-electron chi connectivity index (χ3n) is 8.02. The van der Waals surface area contributed by atoms with Crippen molar-refractivity contribution in [3.8, 4) is 0 Å². The number of benzene rings is 3. The summed E-state index contributed by atoms with van der Waals surface area (Å²) in [5.74, 6) is -3.67. The van der Waals surface area contributed by atoms with Gasteiger partial charge in [-0.15, -0.1) is 0 Å². The number of amides is 3. The van der Waals surface area contributed by atoms with Gasteiger partial charge in [0.25, 0.3) is 5.91 Å². The van der Waals surface area contributed by atoms with E-state index >= 15 is 0 Å². The number of imide groups is 1. The van der Waals surface area contributed by atoms with Gasteiger partial charge in [0.15, 0.2) is 6.61 Å². The average Bonchev–Trinajstić information content (AvgIpc) is 3.18. The SMILES string of the molecule is Cc1cc(Br)ccc1NC(=O)COC(=O)[C@@H](C)N1C(=O)[C@@H]2C3c4ccccc4C(c4ccccc43)[C@@H]2C1=O. The third-order valence-corrected chi connectivity index (χ3v) is 8.51. The van der Waals surface area contributed by atoms with Gasteiger partial charge in [0.2, 0.25) is 11.8 Å². The van der Waals surface area contributed by atoms with E-state index in [2.05, 4.69) is 21.2 Å². The quantitative estimate of drug-likeness (QED) is 0.358. The Hall–Kier alpha value is -3.78. The number of nitrogens with one attached hydrogen (secondary N) is 1. The Morgan fingerprint density at radius 3 is 1.87 bits per heavy atom. The van der Waals surface area contributed by atoms with E-state index in [-0.39, 0.29) is 23.7 Å². The van der Waals surface area contributed by atoms with E-state index < -0.39 is 36.4 Å². The van der Waals surface area contributed by atoms with Crippen LogP contribution in [0, 0.1) is 18.8 Å². The van der Waals surface area contributed by atoms with Gasteiger partial charge in [0, 0.05) is 22.0 Å². The third kappa shape index (κ3) is 3.69. The molecule has 3 atom stereocenters. The van der Waals surface area contributed by atoms with Crippen molar-refractivity contribution in [3.63, 3.8) is 0 Å². The Bertz CT molecular complexity index is 1400. The average molecular weight is 573 g/mol. The lowest BCUT2D eigenvalue weighted by molar-refractivity contribution is -0.159. The fourth-order valence-corrected chi connectivity index (χ4v) is 6.87. The molecule has 38 heavy (non-hydrogen) atoms.